The van der Waals surface area contributed by atoms with Crippen molar-refractivity contribution in [2.45, 2.75) is 38.8 Å². The number of carbonyl (C=O) groups excluding carboxylic acids is 1. The van der Waals surface area contributed by atoms with E-state index in [1.165, 1.54) is 5.56 Å². The molecule has 1 aliphatic heterocycles. The minimum atomic E-state index is -0.0664. The van der Waals surface area contributed by atoms with E-state index in [0.29, 0.717) is 19.2 Å². The Hall–Kier alpha value is -1.39. The van der Waals surface area contributed by atoms with E-state index in [2.05, 4.69) is 31.3 Å². The Morgan fingerprint density at radius 3 is 2.67 bits per heavy atom. The number of hydrogen-bond acceptors (Lipinski definition) is 3. The predicted octanol–water partition coefficient (Wildman–Crippen LogP) is 2.05. The molecule has 1 aromatic rings. The number of nitrogens with one attached hydrogen (secondary N) is 1. The first-order valence-electron chi connectivity index (χ1n) is 7.70. The molecule has 2 rings (SSSR count). The van der Waals surface area contributed by atoms with Crippen LogP contribution in [-0.2, 0) is 16.0 Å². The summed E-state index contributed by atoms with van der Waals surface area (Å²) in [6, 6.07) is 10.4. The molecule has 2 unspecified atom stereocenters. The number of nitrogens with zero attached hydrogens (tertiary/aromatic N) is 1. The van der Waals surface area contributed by atoms with Gasteiger partial charge in [0.15, 0.2) is 0 Å². The van der Waals surface area contributed by atoms with E-state index in [9.17, 15) is 4.79 Å². The number of ether oxygens (including phenoxy) is 1. The van der Waals surface area contributed by atoms with Crippen LogP contribution in [0.25, 0.3) is 0 Å². The van der Waals surface area contributed by atoms with Crippen LogP contribution in [0.15, 0.2) is 30.3 Å². The van der Waals surface area contributed by atoms with Gasteiger partial charge in [0.25, 0.3) is 0 Å². The molecule has 1 amide bonds. The van der Waals surface area contributed by atoms with Crippen LogP contribution in [-0.4, -0.2) is 43.3 Å². The Balaban J connectivity index is 1.91. The minimum absolute atomic E-state index is 0.0664. The van der Waals surface area contributed by atoms with Crippen LogP contribution in [0.5, 0.6) is 0 Å². The number of benzene rings is 1. The van der Waals surface area contributed by atoms with Gasteiger partial charge in [0.1, 0.15) is 0 Å². The molecule has 4 nitrogen and oxygen atoms in total. The van der Waals surface area contributed by atoms with Crippen molar-refractivity contribution in [3.05, 3.63) is 35.9 Å². The molecule has 0 bridgehead atoms. The standard InChI is InChI=1S/C17H26N2O2/c1-13(2)16(11-21-3)19-12-18-15(17(19)20)10-9-14-7-5-4-6-8-14/h4-8,13,15-16,18H,9-12H2,1-3H3. The minimum Gasteiger partial charge on any atom is -0.383 e. The Labute approximate surface area is 127 Å². The van der Waals surface area contributed by atoms with Crippen LogP contribution in [0.4, 0.5) is 0 Å². The third kappa shape index (κ3) is 4.05. The van der Waals surface area contributed by atoms with Gasteiger partial charge in [0.05, 0.1) is 25.4 Å². The van der Waals surface area contributed by atoms with Gasteiger partial charge in [-0.2, -0.15) is 0 Å². The highest BCUT2D eigenvalue weighted by molar-refractivity contribution is 5.84. The van der Waals surface area contributed by atoms with Crippen molar-refractivity contribution < 1.29 is 9.53 Å². The van der Waals surface area contributed by atoms with Crippen molar-refractivity contribution >= 4 is 5.91 Å². The van der Waals surface area contributed by atoms with E-state index in [1.807, 2.05) is 23.1 Å². The quantitative estimate of drug-likeness (QED) is 0.835. The molecule has 0 aliphatic carbocycles. The summed E-state index contributed by atoms with van der Waals surface area (Å²) in [7, 11) is 1.69. The second kappa shape index (κ2) is 7.57. The molecule has 0 aromatic heterocycles. The lowest BCUT2D eigenvalue weighted by Crippen LogP contribution is -2.44. The van der Waals surface area contributed by atoms with Crippen molar-refractivity contribution in [1.29, 1.82) is 0 Å². The zero-order valence-electron chi connectivity index (χ0n) is 13.2. The lowest BCUT2D eigenvalue weighted by Gasteiger charge is -2.30. The topological polar surface area (TPSA) is 41.6 Å². The van der Waals surface area contributed by atoms with Crippen molar-refractivity contribution in [2.24, 2.45) is 5.92 Å². The molecule has 1 saturated heterocycles. The van der Waals surface area contributed by atoms with Crippen LogP contribution < -0.4 is 5.32 Å². The first-order chi connectivity index (χ1) is 10.1. The van der Waals surface area contributed by atoms with Gasteiger partial charge in [-0.1, -0.05) is 44.2 Å². The molecule has 1 N–H and O–H groups in total. The highest BCUT2D eigenvalue weighted by Gasteiger charge is 2.36. The molecule has 4 heteroatoms. The number of amides is 1. The van der Waals surface area contributed by atoms with Crippen molar-refractivity contribution in [2.75, 3.05) is 20.4 Å². The number of methoxy groups -OCH3 is 1. The van der Waals surface area contributed by atoms with Crippen LogP contribution >= 0.6 is 0 Å². The highest BCUT2D eigenvalue weighted by Crippen LogP contribution is 2.18. The molecule has 1 aromatic carbocycles. The lowest BCUT2D eigenvalue weighted by atomic mass is 10.0. The Morgan fingerprint density at radius 1 is 1.33 bits per heavy atom. The first-order valence-corrected chi connectivity index (χ1v) is 7.70. The van der Waals surface area contributed by atoms with Crippen LogP contribution in [0, 0.1) is 5.92 Å². The Bertz CT molecular complexity index is 447. The van der Waals surface area contributed by atoms with Gasteiger partial charge in [-0.05, 0) is 24.3 Å². The average molecular weight is 290 g/mol. The van der Waals surface area contributed by atoms with Crippen molar-refractivity contribution in [1.82, 2.24) is 10.2 Å². The molecule has 0 radical (unpaired) electrons. The number of carbonyl (C=O) groups is 1. The zero-order chi connectivity index (χ0) is 15.2. The Kier molecular flexibility index (Phi) is 5.76. The van der Waals surface area contributed by atoms with E-state index < -0.39 is 0 Å². The summed E-state index contributed by atoms with van der Waals surface area (Å²) in [5, 5.41) is 3.34. The van der Waals surface area contributed by atoms with E-state index >= 15 is 0 Å². The fourth-order valence-electron chi connectivity index (χ4n) is 2.85. The van der Waals surface area contributed by atoms with Crippen LogP contribution in [0.3, 0.4) is 0 Å². The third-order valence-electron chi connectivity index (χ3n) is 4.16. The maximum Gasteiger partial charge on any atom is 0.241 e. The van der Waals surface area contributed by atoms with Crippen LogP contribution in [0.2, 0.25) is 0 Å². The molecule has 0 spiro atoms. The maximum absolute atomic E-state index is 12.6. The SMILES string of the molecule is COCC(C(C)C)N1CNC(CCc2ccccc2)C1=O. The lowest BCUT2D eigenvalue weighted by molar-refractivity contribution is -0.132. The number of hydrogen-bond donors (Lipinski definition) is 1. The van der Waals surface area contributed by atoms with Crippen molar-refractivity contribution in [3.63, 3.8) is 0 Å². The molecule has 1 aliphatic rings. The van der Waals surface area contributed by atoms with E-state index in [4.69, 9.17) is 4.74 Å². The predicted molar refractivity (Wildman–Crippen MR) is 83.9 cm³/mol. The van der Waals surface area contributed by atoms with Gasteiger partial charge >= 0.3 is 0 Å². The van der Waals surface area contributed by atoms with Gasteiger partial charge in [-0.15, -0.1) is 0 Å². The summed E-state index contributed by atoms with van der Waals surface area (Å²) in [5.41, 5.74) is 1.28. The maximum atomic E-state index is 12.6. The van der Waals surface area contributed by atoms with E-state index in [-0.39, 0.29) is 18.0 Å². The highest BCUT2D eigenvalue weighted by atomic mass is 16.5. The van der Waals surface area contributed by atoms with E-state index in [1.54, 1.807) is 7.11 Å². The fourth-order valence-corrected chi connectivity index (χ4v) is 2.85. The summed E-state index contributed by atoms with van der Waals surface area (Å²) in [5.74, 6) is 0.602. The van der Waals surface area contributed by atoms with Gasteiger partial charge < -0.3 is 9.64 Å². The summed E-state index contributed by atoms with van der Waals surface area (Å²) < 4.78 is 5.27. The largest absolute Gasteiger partial charge is 0.383 e. The monoisotopic (exact) mass is 290 g/mol. The molecular weight excluding hydrogens is 264 g/mol. The molecule has 1 heterocycles. The second-order valence-corrected chi connectivity index (χ2v) is 6.01. The van der Waals surface area contributed by atoms with E-state index in [0.717, 1.165) is 12.8 Å². The normalized spacial score (nSPS) is 20.3. The molecule has 0 saturated carbocycles. The fraction of sp³-hybridized carbons (Fsp3) is 0.588. The molecule has 21 heavy (non-hydrogen) atoms. The summed E-state index contributed by atoms with van der Waals surface area (Å²) in [6.45, 7) is 5.49. The smallest absolute Gasteiger partial charge is 0.241 e. The number of aryl methyl sites for hydroxylation is 1. The number of rotatable bonds is 7. The summed E-state index contributed by atoms with van der Waals surface area (Å²) in [4.78, 5) is 14.5. The molecule has 2 atom stereocenters. The Morgan fingerprint density at radius 2 is 2.05 bits per heavy atom. The second-order valence-electron chi connectivity index (χ2n) is 6.01. The van der Waals surface area contributed by atoms with Gasteiger partial charge in [-0.3, -0.25) is 10.1 Å². The van der Waals surface area contributed by atoms with Gasteiger partial charge in [-0.25, -0.2) is 0 Å². The molecule has 1 fully saturated rings. The van der Waals surface area contributed by atoms with Crippen molar-refractivity contribution in [3.8, 4) is 0 Å². The molecule has 116 valence electrons. The zero-order valence-corrected chi connectivity index (χ0v) is 13.2. The average Bonchev–Trinajstić information content (AvgIpc) is 2.84. The van der Waals surface area contributed by atoms with Gasteiger partial charge in [0, 0.05) is 7.11 Å². The van der Waals surface area contributed by atoms with Crippen LogP contribution in [0.1, 0.15) is 25.8 Å². The summed E-state index contributed by atoms with van der Waals surface area (Å²) >= 11 is 0. The summed E-state index contributed by atoms with van der Waals surface area (Å²) in [6.07, 6.45) is 1.77. The third-order valence-corrected chi connectivity index (χ3v) is 4.16. The molecular formula is C17H26N2O2. The first kappa shape index (κ1) is 16.0. The van der Waals surface area contributed by atoms with Gasteiger partial charge in [0.2, 0.25) is 5.91 Å².